The van der Waals surface area contributed by atoms with E-state index in [1.165, 1.54) is 11.8 Å². The first kappa shape index (κ1) is 19.2. The van der Waals surface area contributed by atoms with Gasteiger partial charge in [-0.25, -0.2) is 8.42 Å². The molecule has 0 saturated carbocycles. The maximum Gasteiger partial charge on any atom is 0.228 e. The SMILES string of the molecule is CC(C)CSc1oc(-c2ccccc2)nc1S(=O)(=O)c1ccc(Br)cc1. The van der Waals surface area contributed by atoms with Gasteiger partial charge in [0.25, 0.3) is 0 Å². The molecule has 0 aliphatic rings. The Morgan fingerprint density at radius 2 is 1.73 bits per heavy atom. The molecule has 136 valence electrons. The second-order valence-electron chi connectivity index (χ2n) is 6.14. The molecule has 2 aromatic carbocycles. The maximum absolute atomic E-state index is 13.1. The Morgan fingerprint density at radius 1 is 1.08 bits per heavy atom. The Balaban J connectivity index is 2.08. The summed E-state index contributed by atoms with van der Waals surface area (Å²) in [5, 5.41) is 0.310. The lowest BCUT2D eigenvalue weighted by Crippen LogP contribution is -2.04. The van der Waals surface area contributed by atoms with Crippen LogP contribution >= 0.6 is 27.7 Å². The van der Waals surface area contributed by atoms with Gasteiger partial charge < -0.3 is 4.42 Å². The minimum Gasteiger partial charge on any atom is -0.428 e. The molecule has 26 heavy (non-hydrogen) atoms. The minimum atomic E-state index is -3.77. The summed E-state index contributed by atoms with van der Waals surface area (Å²) in [5.41, 5.74) is 0.746. The van der Waals surface area contributed by atoms with E-state index in [0.717, 1.165) is 15.8 Å². The minimum absolute atomic E-state index is 0.0238. The van der Waals surface area contributed by atoms with E-state index in [4.69, 9.17) is 4.42 Å². The number of aromatic nitrogens is 1. The van der Waals surface area contributed by atoms with E-state index in [-0.39, 0.29) is 9.92 Å². The fourth-order valence-corrected chi connectivity index (χ4v) is 4.97. The van der Waals surface area contributed by atoms with Gasteiger partial charge in [-0.05, 0) is 42.3 Å². The molecule has 0 aliphatic heterocycles. The zero-order chi connectivity index (χ0) is 18.7. The van der Waals surface area contributed by atoms with Crippen molar-refractivity contribution >= 4 is 37.5 Å². The molecule has 7 heteroatoms. The van der Waals surface area contributed by atoms with Crippen molar-refractivity contribution in [2.75, 3.05) is 5.75 Å². The molecule has 1 aromatic heterocycles. The van der Waals surface area contributed by atoms with Crippen LogP contribution in [0.4, 0.5) is 0 Å². The number of oxazole rings is 1. The maximum atomic E-state index is 13.1. The molecule has 0 amide bonds. The summed E-state index contributed by atoms with van der Waals surface area (Å²) >= 11 is 4.70. The fraction of sp³-hybridized carbons (Fsp3) is 0.211. The first-order valence-electron chi connectivity index (χ1n) is 8.07. The summed E-state index contributed by atoms with van der Waals surface area (Å²) in [5.74, 6) is 1.45. The van der Waals surface area contributed by atoms with Gasteiger partial charge in [0.05, 0.1) is 4.90 Å². The molecule has 0 bridgehead atoms. The fourth-order valence-electron chi connectivity index (χ4n) is 2.23. The smallest absolute Gasteiger partial charge is 0.228 e. The van der Waals surface area contributed by atoms with Crippen molar-refractivity contribution in [1.82, 2.24) is 4.98 Å². The summed E-state index contributed by atoms with van der Waals surface area (Å²) in [4.78, 5) is 4.54. The average Bonchev–Trinajstić information content (AvgIpc) is 3.06. The third-order valence-electron chi connectivity index (χ3n) is 3.51. The predicted molar refractivity (Wildman–Crippen MR) is 107 cm³/mol. The molecule has 1 heterocycles. The van der Waals surface area contributed by atoms with Crippen molar-refractivity contribution in [2.45, 2.75) is 28.9 Å². The van der Waals surface area contributed by atoms with Gasteiger partial charge >= 0.3 is 0 Å². The number of hydrogen-bond acceptors (Lipinski definition) is 5. The van der Waals surface area contributed by atoms with Crippen LogP contribution in [0.25, 0.3) is 11.5 Å². The van der Waals surface area contributed by atoms with Crippen LogP contribution in [0.1, 0.15) is 13.8 Å². The largest absolute Gasteiger partial charge is 0.428 e. The molecule has 0 fully saturated rings. The van der Waals surface area contributed by atoms with Crippen LogP contribution in [-0.2, 0) is 9.84 Å². The van der Waals surface area contributed by atoms with Crippen molar-refractivity contribution in [3.8, 4) is 11.5 Å². The van der Waals surface area contributed by atoms with Gasteiger partial charge in [-0.2, -0.15) is 4.98 Å². The van der Waals surface area contributed by atoms with Crippen LogP contribution in [0.15, 0.2) is 78.5 Å². The van der Waals surface area contributed by atoms with E-state index < -0.39 is 9.84 Å². The number of hydrogen-bond donors (Lipinski definition) is 0. The Bertz CT molecular complexity index is 981. The average molecular weight is 452 g/mol. The quantitative estimate of drug-likeness (QED) is 0.450. The van der Waals surface area contributed by atoms with Crippen molar-refractivity contribution in [3.05, 3.63) is 59.1 Å². The van der Waals surface area contributed by atoms with Gasteiger partial charge in [0, 0.05) is 15.8 Å². The highest BCUT2D eigenvalue weighted by molar-refractivity contribution is 9.10. The van der Waals surface area contributed by atoms with Gasteiger partial charge in [-0.15, -0.1) is 0 Å². The number of thioether (sulfide) groups is 1. The van der Waals surface area contributed by atoms with Crippen LogP contribution in [0, 0.1) is 5.92 Å². The lowest BCUT2D eigenvalue weighted by atomic mass is 10.2. The van der Waals surface area contributed by atoms with Crippen molar-refractivity contribution in [1.29, 1.82) is 0 Å². The molecule has 0 atom stereocenters. The first-order valence-corrected chi connectivity index (χ1v) is 11.3. The van der Waals surface area contributed by atoms with Crippen LogP contribution in [0.3, 0.4) is 0 Å². The number of benzene rings is 2. The summed E-state index contributed by atoms with van der Waals surface area (Å²) in [6.45, 7) is 4.15. The Hall–Kier alpha value is -1.57. The van der Waals surface area contributed by atoms with Gasteiger partial charge in [0.2, 0.25) is 25.8 Å². The molecule has 0 N–H and O–H groups in total. The van der Waals surface area contributed by atoms with E-state index in [1.807, 2.05) is 30.3 Å². The third kappa shape index (κ3) is 4.22. The van der Waals surface area contributed by atoms with Crippen molar-refractivity contribution in [2.24, 2.45) is 5.92 Å². The van der Waals surface area contributed by atoms with E-state index in [0.29, 0.717) is 16.9 Å². The lowest BCUT2D eigenvalue weighted by Gasteiger charge is -2.05. The molecule has 0 aliphatic carbocycles. The summed E-state index contributed by atoms with van der Waals surface area (Å²) in [6.07, 6.45) is 0. The van der Waals surface area contributed by atoms with Crippen molar-refractivity contribution < 1.29 is 12.8 Å². The van der Waals surface area contributed by atoms with Crippen LogP contribution in [0.5, 0.6) is 0 Å². The predicted octanol–water partition coefficient (Wildman–Crippen LogP) is 5.69. The zero-order valence-electron chi connectivity index (χ0n) is 14.3. The standard InChI is InChI=1S/C19H18BrNO3S2/c1-13(2)12-25-19-18(21-17(24-19)14-6-4-3-5-7-14)26(22,23)16-10-8-15(20)9-11-16/h3-11,13H,12H2,1-2H3. The molecule has 0 unspecified atom stereocenters. The normalized spacial score (nSPS) is 11.8. The zero-order valence-corrected chi connectivity index (χ0v) is 17.6. The number of halogens is 1. The van der Waals surface area contributed by atoms with Gasteiger partial charge in [-0.1, -0.05) is 59.7 Å². The molecular weight excluding hydrogens is 434 g/mol. The van der Waals surface area contributed by atoms with Gasteiger partial charge in [0.1, 0.15) is 0 Å². The number of nitrogens with zero attached hydrogens (tertiary/aromatic N) is 1. The molecule has 3 aromatic rings. The monoisotopic (exact) mass is 451 g/mol. The van der Waals surface area contributed by atoms with Crippen LogP contribution in [-0.4, -0.2) is 19.2 Å². The van der Waals surface area contributed by atoms with E-state index in [1.54, 1.807) is 24.3 Å². The first-order chi connectivity index (χ1) is 12.4. The number of sulfone groups is 1. The summed E-state index contributed by atoms with van der Waals surface area (Å²) in [7, 11) is -3.77. The molecule has 0 spiro atoms. The molecule has 4 nitrogen and oxygen atoms in total. The van der Waals surface area contributed by atoms with E-state index in [9.17, 15) is 8.42 Å². The second kappa shape index (κ2) is 7.98. The van der Waals surface area contributed by atoms with Crippen LogP contribution < -0.4 is 0 Å². The van der Waals surface area contributed by atoms with Crippen LogP contribution in [0.2, 0.25) is 0 Å². The van der Waals surface area contributed by atoms with Gasteiger partial charge in [-0.3, -0.25) is 0 Å². The number of rotatable bonds is 6. The van der Waals surface area contributed by atoms with E-state index >= 15 is 0 Å². The molecule has 3 rings (SSSR count). The Kier molecular flexibility index (Phi) is 5.89. The molecular formula is C19H18BrNO3S2. The summed E-state index contributed by atoms with van der Waals surface area (Å²) in [6, 6.07) is 15.8. The van der Waals surface area contributed by atoms with Gasteiger partial charge in [0.15, 0.2) is 0 Å². The lowest BCUT2D eigenvalue weighted by molar-refractivity contribution is 0.469. The highest BCUT2D eigenvalue weighted by Gasteiger charge is 2.28. The molecule has 0 saturated heterocycles. The topological polar surface area (TPSA) is 60.2 Å². The highest BCUT2D eigenvalue weighted by atomic mass is 79.9. The van der Waals surface area contributed by atoms with E-state index in [2.05, 4.69) is 34.8 Å². The molecule has 0 radical (unpaired) electrons. The Morgan fingerprint density at radius 3 is 2.35 bits per heavy atom. The summed E-state index contributed by atoms with van der Waals surface area (Å²) < 4.78 is 32.9. The third-order valence-corrected chi connectivity index (χ3v) is 7.22. The van der Waals surface area contributed by atoms with Crippen molar-refractivity contribution in [3.63, 3.8) is 0 Å². The Labute approximate surface area is 166 Å². The highest BCUT2D eigenvalue weighted by Crippen LogP contribution is 2.35. The second-order valence-corrected chi connectivity index (χ2v) is 9.91.